The van der Waals surface area contributed by atoms with Crippen LogP contribution in [0.4, 0.5) is 11.4 Å². The lowest BCUT2D eigenvalue weighted by atomic mass is 10.1. The number of rotatable bonds is 4. The van der Waals surface area contributed by atoms with Crippen LogP contribution in [-0.2, 0) is 9.59 Å². The van der Waals surface area contributed by atoms with Gasteiger partial charge in [-0.1, -0.05) is 17.7 Å². The third kappa shape index (κ3) is 3.77. The molecule has 1 aliphatic rings. The van der Waals surface area contributed by atoms with Gasteiger partial charge in [-0.25, -0.2) is 0 Å². The molecule has 2 aromatic carbocycles. The number of benzene rings is 2. The Morgan fingerprint density at radius 3 is 2.64 bits per heavy atom. The summed E-state index contributed by atoms with van der Waals surface area (Å²) in [7, 11) is 1.56. The van der Waals surface area contributed by atoms with Crippen molar-refractivity contribution in [2.24, 2.45) is 5.92 Å². The van der Waals surface area contributed by atoms with Crippen LogP contribution in [0.25, 0.3) is 0 Å². The van der Waals surface area contributed by atoms with Gasteiger partial charge in [0.2, 0.25) is 11.8 Å². The Morgan fingerprint density at radius 2 is 1.96 bits per heavy atom. The molecule has 1 aliphatic heterocycles. The van der Waals surface area contributed by atoms with Crippen LogP contribution in [0.1, 0.15) is 12.0 Å². The van der Waals surface area contributed by atoms with Crippen molar-refractivity contribution in [2.75, 3.05) is 23.9 Å². The largest absolute Gasteiger partial charge is 0.495 e. The molecule has 1 fully saturated rings. The van der Waals surface area contributed by atoms with Gasteiger partial charge in [-0.2, -0.15) is 0 Å². The van der Waals surface area contributed by atoms with Crippen LogP contribution in [0.15, 0.2) is 42.5 Å². The molecule has 0 aromatic heterocycles. The maximum atomic E-state index is 12.6. The predicted octanol–water partition coefficient (Wildman–Crippen LogP) is 3.65. The lowest BCUT2D eigenvalue weighted by molar-refractivity contribution is -0.122. The molecule has 1 N–H and O–H groups in total. The summed E-state index contributed by atoms with van der Waals surface area (Å²) in [4.78, 5) is 26.5. The minimum absolute atomic E-state index is 0.0707. The lowest BCUT2D eigenvalue weighted by Gasteiger charge is -2.17. The van der Waals surface area contributed by atoms with Crippen LogP contribution in [0.5, 0.6) is 5.75 Å². The number of halogens is 1. The highest BCUT2D eigenvalue weighted by molar-refractivity contribution is 6.30. The smallest absolute Gasteiger partial charge is 0.229 e. The Hall–Kier alpha value is -2.53. The zero-order chi connectivity index (χ0) is 18.0. The maximum absolute atomic E-state index is 12.6. The van der Waals surface area contributed by atoms with Crippen LogP contribution < -0.4 is 15.0 Å². The topological polar surface area (TPSA) is 58.6 Å². The number of nitrogens with one attached hydrogen (secondary N) is 1. The lowest BCUT2D eigenvalue weighted by Crippen LogP contribution is -2.28. The first kappa shape index (κ1) is 17.3. The molecule has 1 saturated heterocycles. The molecule has 0 saturated carbocycles. The Morgan fingerprint density at radius 1 is 1.24 bits per heavy atom. The molecule has 0 radical (unpaired) electrons. The van der Waals surface area contributed by atoms with E-state index in [9.17, 15) is 9.59 Å². The summed E-state index contributed by atoms with van der Waals surface area (Å²) in [5.41, 5.74) is 2.38. The third-order valence-electron chi connectivity index (χ3n) is 4.25. The van der Waals surface area contributed by atoms with E-state index in [0.717, 1.165) is 11.3 Å². The summed E-state index contributed by atoms with van der Waals surface area (Å²) in [6.07, 6.45) is 0.183. The molecule has 6 heteroatoms. The summed E-state index contributed by atoms with van der Waals surface area (Å²) in [5, 5.41) is 3.49. The van der Waals surface area contributed by atoms with Crippen molar-refractivity contribution in [3.05, 3.63) is 53.1 Å². The number of aryl methyl sites for hydroxylation is 1. The molecular weight excluding hydrogens is 340 g/mol. The zero-order valence-corrected chi connectivity index (χ0v) is 14.8. The molecule has 2 aromatic rings. The number of carbonyl (C=O) groups is 2. The van der Waals surface area contributed by atoms with Gasteiger partial charge >= 0.3 is 0 Å². The molecule has 25 heavy (non-hydrogen) atoms. The fourth-order valence-corrected chi connectivity index (χ4v) is 3.03. The van der Waals surface area contributed by atoms with Crippen LogP contribution in [0, 0.1) is 12.8 Å². The fourth-order valence-electron chi connectivity index (χ4n) is 2.91. The highest BCUT2D eigenvalue weighted by atomic mass is 35.5. The molecule has 3 rings (SSSR count). The van der Waals surface area contributed by atoms with Crippen molar-refractivity contribution in [2.45, 2.75) is 13.3 Å². The molecule has 5 nitrogen and oxygen atoms in total. The first-order valence-electron chi connectivity index (χ1n) is 7.99. The molecule has 1 heterocycles. The number of amides is 2. The van der Waals surface area contributed by atoms with Gasteiger partial charge in [0, 0.05) is 23.7 Å². The monoisotopic (exact) mass is 358 g/mol. The SMILES string of the molecule is COc1ccc(C)cc1NC(=O)C1CC(=O)N(c2ccc(Cl)cc2)C1. The number of nitrogens with zero attached hydrogens (tertiary/aromatic N) is 1. The van der Waals surface area contributed by atoms with E-state index in [2.05, 4.69) is 5.32 Å². The number of hydrogen-bond donors (Lipinski definition) is 1. The zero-order valence-electron chi connectivity index (χ0n) is 14.1. The molecule has 1 atom stereocenters. The Labute approximate surface area is 151 Å². The highest BCUT2D eigenvalue weighted by Gasteiger charge is 2.35. The average Bonchev–Trinajstić information content (AvgIpc) is 2.98. The summed E-state index contributed by atoms with van der Waals surface area (Å²) in [6.45, 7) is 2.29. The van der Waals surface area contributed by atoms with Gasteiger partial charge in [-0.15, -0.1) is 0 Å². The van der Waals surface area contributed by atoms with Crippen molar-refractivity contribution in [3.8, 4) is 5.75 Å². The normalized spacial score (nSPS) is 16.8. The third-order valence-corrected chi connectivity index (χ3v) is 4.50. The van der Waals surface area contributed by atoms with Crippen LogP contribution in [-0.4, -0.2) is 25.5 Å². The number of methoxy groups -OCH3 is 1. The van der Waals surface area contributed by atoms with Crippen LogP contribution in [0.3, 0.4) is 0 Å². The Bertz CT molecular complexity index is 805. The first-order valence-corrected chi connectivity index (χ1v) is 8.37. The molecular formula is C19H19ClN2O3. The van der Waals surface area contributed by atoms with Gasteiger partial charge in [0.1, 0.15) is 5.75 Å². The van der Waals surface area contributed by atoms with Crippen molar-refractivity contribution >= 4 is 34.8 Å². The van der Waals surface area contributed by atoms with Crippen molar-refractivity contribution < 1.29 is 14.3 Å². The van der Waals surface area contributed by atoms with E-state index in [1.807, 2.05) is 25.1 Å². The van der Waals surface area contributed by atoms with E-state index in [1.165, 1.54) is 0 Å². The van der Waals surface area contributed by atoms with Crippen molar-refractivity contribution in [1.82, 2.24) is 0 Å². The summed E-state index contributed by atoms with van der Waals surface area (Å²) in [6, 6.07) is 12.6. The number of carbonyl (C=O) groups excluding carboxylic acids is 2. The van der Waals surface area contributed by atoms with E-state index in [4.69, 9.17) is 16.3 Å². The predicted molar refractivity (Wildman–Crippen MR) is 98.3 cm³/mol. The molecule has 0 bridgehead atoms. The van der Waals surface area contributed by atoms with Gasteiger partial charge in [0.15, 0.2) is 0 Å². The number of anilines is 2. The summed E-state index contributed by atoms with van der Waals surface area (Å²) in [5.74, 6) is -0.0707. The second-order valence-electron chi connectivity index (χ2n) is 6.07. The van der Waals surface area contributed by atoms with Gasteiger partial charge in [0.05, 0.1) is 18.7 Å². The van der Waals surface area contributed by atoms with Gasteiger partial charge in [-0.05, 0) is 48.9 Å². The standard InChI is InChI=1S/C19H19ClN2O3/c1-12-3-8-17(25-2)16(9-12)21-19(24)13-10-18(23)22(11-13)15-6-4-14(20)5-7-15/h3-9,13H,10-11H2,1-2H3,(H,21,24). The molecule has 130 valence electrons. The second-order valence-corrected chi connectivity index (χ2v) is 6.51. The van der Waals surface area contributed by atoms with Crippen LogP contribution >= 0.6 is 11.6 Å². The van der Waals surface area contributed by atoms with E-state index in [1.54, 1.807) is 36.3 Å². The van der Waals surface area contributed by atoms with Crippen molar-refractivity contribution in [3.63, 3.8) is 0 Å². The second kappa shape index (κ2) is 7.15. The quantitative estimate of drug-likeness (QED) is 0.907. The molecule has 0 aliphatic carbocycles. The Kier molecular flexibility index (Phi) is 4.95. The number of ether oxygens (including phenoxy) is 1. The molecule has 0 spiro atoms. The van der Waals surface area contributed by atoms with E-state index in [0.29, 0.717) is 23.0 Å². The fraction of sp³-hybridized carbons (Fsp3) is 0.263. The van der Waals surface area contributed by atoms with Gasteiger partial charge < -0.3 is 15.0 Å². The minimum atomic E-state index is -0.409. The first-order chi connectivity index (χ1) is 12.0. The summed E-state index contributed by atoms with van der Waals surface area (Å²) >= 11 is 5.89. The van der Waals surface area contributed by atoms with E-state index < -0.39 is 5.92 Å². The highest BCUT2D eigenvalue weighted by Crippen LogP contribution is 2.29. The number of hydrogen-bond acceptors (Lipinski definition) is 3. The Balaban J connectivity index is 1.73. The van der Waals surface area contributed by atoms with Crippen LogP contribution in [0.2, 0.25) is 5.02 Å². The van der Waals surface area contributed by atoms with Gasteiger partial charge in [-0.3, -0.25) is 9.59 Å². The summed E-state index contributed by atoms with van der Waals surface area (Å²) < 4.78 is 5.28. The van der Waals surface area contributed by atoms with E-state index in [-0.39, 0.29) is 18.2 Å². The maximum Gasteiger partial charge on any atom is 0.229 e. The average molecular weight is 359 g/mol. The molecule has 2 amide bonds. The van der Waals surface area contributed by atoms with Crippen molar-refractivity contribution in [1.29, 1.82) is 0 Å². The minimum Gasteiger partial charge on any atom is -0.495 e. The van der Waals surface area contributed by atoms with E-state index >= 15 is 0 Å². The van der Waals surface area contributed by atoms with Gasteiger partial charge in [0.25, 0.3) is 0 Å². The molecule has 1 unspecified atom stereocenters.